The van der Waals surface area contributed by atoms with Gasteiger partial charge in [0.1, 0.15) is 0 Å². The van der Waals surface area contributed by atoms with Crippen molar-refractivity contribution in [1.82, 2.24) is 4.90 Å². The zero-order valence-electron chi connectivity index (χ0n) is 10.6. The van der Waals surface area contributed by atoms with Crippen LogP contribution in [0.2, 0.25) is 0 Å². The van der Waals surface area contributed by atoms with Crippen LogP contribution in [0.3, 0.4) is 0 Å². The molecule has 2 rings (SSSR count). The second-order valence-electron chi connectivity index (χ2n) is 5.50. The first kappa shape index (κ1) is 13.3. The van der Waals surface area contributed by atoms with E-state index < -0.39 is 11.6 Å². The number of aliphatic carboxylic acids is 1. The molecule has 0 radical (unpaired) electrons. The summed E-state index contributed by atoms with van der Waals surface area (Å²) in [5, 5.41) is 18.7. The molecule has 18 heavy (non-hydrogen) atoms. The number of rotatable bonds is 2. The van der Waals surface area contributed by atoms with Gasteiger partial charge in [0, 0.05) is 31.8 Å². The number of nitrogens with zero attached hydrogens (tertiary/aromatic N) is 1. The van der Waals surface area contributed by atoms with Gasteiger partial charge >= 0.3 is 5.97 Å². The number of likely N-dealkylation sites (tertiary alicyclic amines) is 1. The monoisotopic (exact) mass is 255 g/mol. The summed E-state index contributed by atoms with van der Waals surface area (Å²) in [4.78, 5) is 24.9. The number of carboxylic acid groups (broad SMARTS) is 1. The fourth-order valence-corrected chi connectivity index (χ4v) is 2.92. The van der Waals surface area contributed by atoms with E-state index in [1.54, 1.807) is 4.90 Å². The minimum atomic E-state index is -1.64. The Balaban J connectivity index is 1.89. The Labute approximate surface area is 107 Å². The van der Waals surface area contributed by atoms with Gasteiger partial charge in [-0.05, 0) is 12.8 Å². The molecule has 5 nitrogen and oxygen atoms in total. The van der Waals surface area contributed by atoms with Crippen molar-refractivity contribution in [2.75, 3.05) is 13.1 Å². The van der Waals surface area contributed by atoms with E-state index in [4.69, 9.17) is 5.11 Å². The minimum absolute atomic E-state index is 0.120. The lowest BCUT2D eigenvalue weighted by molar-refractivity contribution is -0.166. The summed E-state index contributed by atoms with van der Waals surface area (Å²) in [6, 6.07) is 0. The van der Waals surface area contributed by atoms with Crippen LogP contribution in [0, 0.1) is 5.92 Å². The molecule has 1 aliphatic heterocycles. The van der Waals surface area contributed by atoms with E-state index in [0.29, 0.717) is 13.1 Å². The van der Waals surface area contributed by atoms with Crippen LogP contribution in [0.1, 0.15) is 44.9 Å². The Kier molecular flexibility index (Phi) is 3.90. The minimum Gasteiger partial charge on any atom is -0.479 e. The maximum absolute atomic E-state index is 12.2. The maximum Gasteiger partial charge on any atom is 0.335 e. The Bertz CT molecular complexity index is 328. The van der Waals surface area contributed by atoms with Crippen LogP contribution in [-0.2, 0) is 9.59 Å². The smallest absolute Gasteiger partial charge is 0.335 e. The standard InChI is InChI=1S/C13H21NO4/c15-11(10-4-2-1-3-5-10)14-8-6-13(18,7-9-14)12(16)17/h10,18H,1-9H2,(H,16,17). The number of carbonyl (C=O) groups excluding carboxylic acids is 1. The normalized spacial score (nSPS) is 24.8. The van der Waals surface area contributed by atoms with Crippen molar-refractivity contribution in [2.24, 2.45) is 5.92 Å². The SMILES string of the molecule is O=C(C1CCCCC1)N1CCC(O)(C(=O)O)CC1. The van der Waals surface area contributed by atoms with Gasteiger partial charge in [-0.3, -0.25) is 4.79 Å². The van der Waals surface area contributed by atoms with Crippen molar-refractivity contribution in [3.63, 3.8) is 0 Å². The largest absolute Gasteiger partial charge is 0.479 e. The lowest BCUT2D eigenvalue weighted by Gasteiger charge is -2.37. The van der Waals surface area contributed by atoms with Gasteiger partial charge < -0.3 is 15.1 Å². The molecule has 1 saturated heterocycles. The van der Waals surface area contributed by atoms with Gasteiger partial charge in [0.25, 0.3) is 0 Å². The van der Waals surface area contributed by atoms with E-state index in [1.807, 2.05) is 0 Å². The predicted molar refractivity (Wildman–Crippen MR) is 65.0 cm³/mol. The van der Waals surface area contributed by atoms with E-state index in [2.05, 4.69) is 0 Å². The molecule has 0 bridgehead atoms. The molecule has 0 aromatic carbocycles. The zero-order chi connectivity index (χ0) is 13.2. The number of carboxylic acids is 1. The Morgan fingerprint density at radius 2 is 1.61 bits per heavy atom. The van der Waals surface area contributed by atoms with Crippen LogP contribution in [0.25, 0.3) is 0 Å². The summed E-state index contributed by atoms with van der Waals surface area (Å²) in [6.45, 7) is 0.719. The third kappa shape index (κ3) is 2.66. The average molecular weight is 255 g/mol. The average Bonchev–Trinajstić information content (AvgIpc) is 2.40. The molecule has 2 aliphatic rings. The van der Waals surface area contributed by atoms with E-state index in [0.717, 1.165) is 25.7 Å². The molecule has 0 aromatic heterocycles. The van der Waals surface area contributed by atoms with Crippen LogP contribution in [-0.4, -0.2) is 45.7 Å². The van der Waals surface area contributed by atoms with E-state index in [1.165, 1.54) is 6.42 Å². The highest BCUT2D eigenvalue weighted by molar-refractivity contribution is 5.81. The maximum atomic E-state index is 12.2. The van der Waals surface area contributed by atoms with Crippen LogP contribution in [0.4, 0.5) is 0 Å². The van der Waals surface area contributed by atoms with Crippen molar-refractivity contribution in [3.05, 3.63) is 0 Å². The molecule has 1 aliphatic carbocycles. The molecule has 102 valence electrons. The number of hydrogen-bond donors (Lipinski definition) is 2. The first-order valence-corrected chi connectivity index (χ1v) is 6.77. The highest BCUT2D eigenvalue weighted by Gasteiger charge is 2.41. The van der Waals surface area contributed by atoms with Gasteiger partial charge in [0.2, 0.25) is 5.91 Å². The molecule has 1 heterocycles. The summed E-state index contributed by atoms with van der Waals surface area (Å²) in [7, 11) is 0. The molecule has 0 aromatic rings. The molecule has 1 amide bonds. The second kappa shape index (κ2) is 5.26. The lowest BCUT2D eigenvalue weighted by atomic mass is 9.86. The van der Waals surface area contributed by atoms with E-state index in [-0.39, 0.29) is 24.7 Å². The van der Waals surface area contributed by atoms with Gasteiger partial charge in [-0.15, -0.1) is 0 Å². The van der Waals surface area contributed by atoms with Gasteiger partial charge in [-0.25, -0.2) is 4.79 Å². The summed E-state index contributed by atoms with van der Waals surface area (Å²) in [5.74, 6) is -0.899. The molecule has 0 atom stereocenters. The number of piperidine rings is 1. The summed E-state index contributed by atoms with van der Waals surface area (Å²) >= 11 is 0. The van der Waals surface area contributed by atoms with Gasteiger partial charge in [-0.2, -0.15) is 0 Å². The number of aliphatic hydroxyl groups is 1. The third-order valence-corrected chi connectivity index (χ3v) is 4.25. The van der Waals surface area contributed by atoms with Crippen molar-refractivity contribution >= 4 is 11.9 Å². The summed E-state index contributed by atoms with van der Waals surface area (Å²) < 4.78 is 0. The van der Waals surface area contributed by atoms with Gasteiger partial charge in [-0.1, -0.05) is 19.3 Å². The molecule has 5 heteroatoms. The summed E-state index contributed by atoms with van der Waals surface area (Å²) in [5.41, 5.74) is -1.64. The Morgan fingerprint density at radius 3 is 2.11 bits per heavy atom. The third-order valence-electron chi connectivity index (χ3n) is 4.25. The number of carbonyl (C=O) groups is 2. The molecule has 0 spiro atoms. The molecule has 1 saturated carbocycles. The highest BCUT2D eigenvalue weighted by Crippen LogP contribution is 2.28. The molecule has 2 fully saturated rings. The van der Waals surface area contributed by atoms with Crippen molar-refractivity contribution in [1.29, 1.82) is 0 Å². The van der Waals surface area contributed by atoms with Gasteiger partial charge in [0.05, 0.1) is 0 Å². The summed E-state index contributed by atoms with van der Waals surface area (Å²) in [6.07, 6.45) is 5.63. The fraction of sp³-hybridized carbons (Fsp3) is 0.846. The zero-order valence-corrected chi connectivity index (χ0v) is 10.6. The number of hydrogen-bond acceptors (Lipinski definition) is 3. The van der Waals surface area contributed by atoms with Crippen LogP contribution >= 0.6 is 0 Å². The van der Waals surface area contributed by atoms with Crippen LogP contribution in [0.15, 0.2) is 0 Å². The predicted octanol–water partition coefficient (Wildman–Crippen LogP) is 1.00. The highest BCUT2D eigenvalue weighted by atomic mass is 16.4. The molecular formula is C13H21NO4. The number of amides is 1. The lowest BCUT2D eigenvalue weighted by Crippen LogP contribution is -2.52. The van der Waals surface area contributed by atoms with Crippen molar-refractivity contribution in [2.45, 2.75) is 50.5 Å². The van der Waals surface area contributed by atoms with Crippen molar-refractivity contribution < 1.29 is 19.8 Å². The quantitative estimate of drug-likeness (QED) is 0.771. The van der Waals surface area contributed by atoms with Gasteiger partial charge in [0.15, 0.2) is 5.60 Å². The Morgan fingerprint density at radius 1 is 1.06 bits per heavy atom. The topological polar surface area (TPSA) is 77.8 Å². The van der Waals surface area contributed by atoms with Crippen molar-refractivity contribution in [3.8, 4) is 0 Å². The molecule has 0 unspecified atom stereocenters. The second-order valence-corrected chi connectivity index (χ2v) is 5.50. The van der Waals surface area contributed by atoms with E-state index in [9.17, 15) is 14.7 Å². The van der Waals surface area contributed by atoms with Crippen LogP contribution in [0.5, 0.6) is 0 Å². The molecule has 2 N–H and O–H groups in total. The molecular weight excluding hydrogens is 234 g/mol. The first-order chi connectivity index (χ1) is 8.53. The van der Waals surface area contributed by atoms with Crippen LogP contribution < -0.4 is 0 Å². The van der Waals surface area contributed by atoms with E-state index >= 15 is 0 Å². The fourth-order valence-electron chi connectivity index (χ4n) is 2.92. The Hall–Kier alpha value is -1.10. The first-order valence-electron chi connectivity index (χ1n) is 6.77.